The highest BCUT2D eigenvalue weighted by molar-refractivity contribution is 6.33. The Morgan fingerprint density at radius 3 is 2.71 bits per heavy atom. The van der Waals surface area contributed by atoms with Crippen molar-refractivity contribution in [2.45, 2.75) is 25.9 Å². The number of aryl methyl sites for hydroxylation is 1. The van der Waals surface area contributed by atoms with Crippen molar-refractivity contribution in [1.29, 1.82) is 0 Å². The predicted octanol–water partition coefficient (Wildman–Crippen LogP) is 3.82. The Labute approximate surface area is 184 Å². The Kier molecular flexibility index (Phi) is 5.76. The van der Waals surface area contributed by atoms with Gasteiger partial charge < -0.3 is 15.0 Å². The van der Waals surface area contributed by atoms with E-state index in [1.165, 1.54) is 16.9 Å². The summed E-state index contributed by atoms with van der Waals surface area (Å²) < 4.78 is 22.6. The van der Waals surface area contributed by atoms with Crippen LogP contribution in [0.5, 0.6) is 5.75 Å². The van der Waals surface area contributed by atoms with E-state index in [1.807, 2.05) is 27.9 Å². The van der Waals surface area contributed by atoms with Crippen molar-refractivity contribution in [3.05, 3.63) is 35.0 Å². The van der Waals surface area contributed by atoms with E-state index in [2.05, 4.69) is 35.5 Å². The van der Waals surface area contributed by atoms with E-state index in [9.17, 15) is 0 Å². The molecule has 31 heavy (non-hydrogen) atoms. The number of anilines is 1. The molecule has 164 valence electrons. The molecule has 0 unspecified atom stereocenters. The topological polar surface area (TPSA) is 92.3 Å². The minimum Gasteiger partial charge on any atom is -0.493 e. The van der Waals surface area contributed by atoms with Gasteiger partial charge in [-0.15, -0.1) is 0 Å². The summed E-state index contributed by atoms with van der Waals surface area (Å²) in [6.45, 7) is 5.50. The van der Waals surface area contributed by atoms with Crippen molar-refractivity contribution in [3.63, 3.8) is 0 Å². The third kappa shape index (κ3) is 4.59. The lowest BCUT2D eigenvalue weighted by molar-refractivity contribution is 0.280. The fourth-order valence-electron chi connectivity index (χ4n) is 3.29. The number of benzene rings is 1. The van der Waals surface area contributed by atoms with E-state index in [0.29, 0.717) is 47.2 Å². The van der Waals surface area contributed by atoms with Crippen molar-refractivity contribution < 1.29 is 9.13 Å². The van der Waals surface area contributed by atoms with Crippen LogP contribution in [-0.2, 0) is 0 Å². The molecule has 1 aliphatic rings. The van der Waals surface area contributed by atoms with Gasteiger partial charge in [0.2, 0.25) is 5.66 Å². The van der Waals surface area contributed by atoms with E-state index < -0.39 is 11.5 Å². The van der Waals surface area contributed by atoms with Gasteiger partial charge in [0.05, 0.1) is 18.7 Å². The van der Waals surface area contributed by atoms with Gasteiger partial charge in [-0.1, -0.05) is 11.6 Å². The lowest BCUT2D eigenvalue weighted by Gasteiger charge is -2.18. The standard InChI is InChI=1S/C20H24ClFN8O/c1-12-8-13(31-7-5-6-29(3)4)9-14(22)15(12)16-17(21)26-19-24-11-25-30(19)18(16)23-10-20(2)27-28-20/h8-9,11,23H,5-7,10H2,1-4H3. The van der Waals surface area contributed by atoms with Crippen molar-refractivity contribution in [3.8, 4) is 16.9 Å². The highest BCUT2D eigenvalue weighted by atomic mass is 35.5. The Morgan fingerprint density at radius 2 is 2.03 bits per heavy atom. The lowest BCUT2D eigenvalue weighted by Crippen LogP contribution is -2.21. The highest BCUT2D eigenvalue weighted by Gasteiger charge is 2.34. The molecule has 2 aromatic heterocycles. The molecule has 1 N–H and O–H groups in total. The monoisotopic (exact) mass is 446 g/mol. The molecule has 0 saturated heterocycles. The fraction of sp³-hybridized carbons (Fsp3) is 0.450. The maximum Gasteiger partial charge on any atom is 0.255 e. The molecule has 11 heteroatoms. The van der Waals surface area contributed by atoms with Crippen molar-refractivity contribution in [1.82, 2.24) is 24.5 Å². The molecule has 0 atom stereocenters. The summed E-state index contributed by atoms with van der Waals surface area (Å²) in [4.78, 5) is 10.5. The first-order valence-corrected chi connectivity index (χ1v) is 10.3. The molecule has 0 aliphatic carbocycles. The third-order valence-electron chi connectivity index (χ3n) is 4.94. The average molecular weight is 447 g/mol. The van der Waals surface area contributed by atoms with Gasteiger partial charge in [0.25, 0.3) is 5.78 Å². The molecule has 3 aromatic rings. The second-order valence-electron chi connectivity index (χ2n) is 7.97. The van der Waals surface area contributed by atoms with Crippen LogP contribution in [0.1, 0.15) is 18.9 Å². The van der Waals surface area contributed by atoms with Gasteiger partial charge in [0.15, 0.2) is 0 Å². The number of hydrogen-bond acceptors (Lipinski definition) is 8. The van der Waals surface area contributed by atoms with Crippen LogP contribution in [0.2, 0.25) is 5.15 Å². The fourth-order valence-corrected chi connectivity index (χ4v) is 3.55. The van der Waals surface area contributed by atoms with Crippen molar-refractivity contribution >= 4 is 23.2 Å². The zero-order chi connectivity index (χ0) is 22.2. The molecule has 0 bridgehead atoms. The molecule has 0 radical (unpaired) electrons. The summed E-state index contributed by atoms with van der Waals surface area (Å²) in [5.74, 6) is 0.805. The Hall–Kier alpha value is -2.85. The second-order valence-corrected chi connectivity index (χ2v) is 8.33. The van der Waals surface area contributed by atoms with Crippen LogP contribution in [0.25, 0.3) is 16.9 Å². The molecular formula is C20H24ClFN8O. The van der Waals surface area contributed by atoms with E-state index in [-0.39, 0.29) is 5.15 Å². The second kappa shape index (κ2) is 8.35. The number of nitrogens with one attached hydrogen (secondary N) is 1. The van der Waals surface area contributed by atoms with Crippen molar-refractivity contribution in [2.24, 2.45) is 10.2 Å². The van der Waals surface area contributed by atoms with Gasteiger partial charge in [-0.05, 0) is 46.0 Å². The number of rotatable bonds is 9. The van der Waals surface area contributed by atoms with Crippen LogP contribution in [0, 0.1) is 12.7 Å². The normalized spacial score (nSPS) is 14.4. The smallest absolute Gasteiger partial charge is 0.255 e. The van der Waals surface area contributed by atoms with Gasteiger partial charge in [0.1, 0.15) is 28.9 Å². The van der Waals surface area contributed by atoms with E-state index in [0.717, 1.165) is 13.0 Å². The average Bonchev–Trinajstić information content (AvgIpc) is 3.25. The van der Waals surface area contributed by atoms with Crippen LogP contribution in [0.15, 0.2) is 28.7 Å². The Bertz CT molecular complexity index is 1120. The van der Waals surface area contributed by atoms with Crippen LogP contribution >= 0.6 is 11.6 Å². The summed E-state index contributed by atoms with van der Waals surface area (Å²) in [5, 5.41) is 15.6. The summed E-state index contributed by atoms with van der Waals surface area (Å²) >= 11 is 6.50. The first kappa shape index (κ1) is 21.4. The molecule has 1 aliphatic heterocycles. The minimum atomic E-state index is -0.516. The molecular weight excluding hydrogens is 423 g/mol. The van der Waals surface area contributed by atoms with Gasteiger partial charge in [0, 0.05) is 18.2 Å². The lowest BCUT2D eigenvalue weighted by atomic mass is 10.0. The Balaban J connectivity index is 1.69. The summed E-state index contributed by atoms with van der Waals surface area (Å²) in [6.07, 6.45) is 2.21. The number of ether oxygens (including phenoxy) is 1. The number of aromatic nitrogens is 4. The SMILES string of the molecule is Cc1cc(OCCCN(C)C)cc(F)c1-c1c(Cl)nc2ncnn2c1NCC1(C)N=N1. The molecule has 0 spiro atoms. The highest BCUT2D eigenvalue weighted by Crippen LogP contribution is 2.40. The summed E-state index contributed by atoms with van der Waals surface area (Å²) in [5.41, 5.74) is 0.879. The van der Waals surface area contributed by atoms with Gasteiger partial charge in [-0.25, -0.2) is 4.39 Å². The summed E-state index contributed by atoms with van der Waals surface area (Å²) in [6, 6.07) is 3.17. The predicted molar refractivity (Wildman–Crippen MR) is 116 cm³/mol. The number of halogens is 2. The first-order valence-electron chi connectivity index (χ1n) is 9.92. The molecule has 0 saturated carbocycles. The largest absolute Gasteiger partial charge is 0.493 e. The zero-order valence-electron chi connectivity index (χ0n) is 17.9. The molecule has 4 rings (SSSR count). The van der Waals surface area contributed by atoms with Gasteiger partial charge >= 0.3 is 0 Å². The number of hydrogen-bond donors (Lipinski definition) is 1. The van der Waals surface area contributed by atoms with Gasteiger partial charge in [-0.2, -0.15) is 29.8 Å². The molecule has 9 nitrogen and oxygen atoms in total. The molecule has 0 amide bonds. The molecule has 3 heterocycles. The molecule has 0 fully saturated rings. The third-order valence-corrected chi connectivity index (χ3v) is 5.22. The van der Waals surface area contributed by atoms with E-state index in [4.69, 9.17) is 16.3 Å². The van der Waals surface area contributed by atoms with E-state index in [1.54, 1.807) is 6.07 Å². The van der Waals surface area contributed by atoms with Crippen molar-refractivity contribution in [2.75, 3.05) is 39.1 Å². The summed E-state index contributed by atoms with van der Waals surface area (Å²) in [7, 11) is 4.00. The van der Waals surface area contributed by atoms with Gasteiger partial charge in [-0.3, -0.25) is 0 Å². The Morgan fingerprint density at radius 1 is 1.26 bits per heavy atom. The quantitative estimate of drug-likeness (QED) is 0.397. The van der Waals surface area contributed by atoms with Crippen LogP contribution in [0.3, 0.4) is 0 Å². The van der Waals surface area contributed by atoms with Crippen LogP contribution < -0.4 is 10.1 Å². The number of nitrogens with zero attached hydrogens (tertiary/aromatic N) is 7. The maximum absolute atomic E-state index is 15.3. The van der Waals surface area contributed by atoms with Crippen LogP contribution in [-0.4, -0.2) is 63.9 Å². The first-order chi connectivity index (χ1) is 14.8. The van der Waals surface area contributed by atoms with Crippen LogP contribution in [0.4, 0.5) is 10.2 Å². The zero-order valence-corrected chi connectivity index (χ0v) is 18.6. The maximum atomic E-state index is 15.3. The minimum absolute atomic E-state index is 0.125. The number of fused-ring (bicyclic) bond motifs is 1. The van der Waals surface area contributed by atoms with E-state index >= 15 is 4.39 Å². The molecule has 1 aromatic carbocycles.